The molecule has 0 saturated carbocycles. The van der Waals surface area contributed by atoms with Crippen LogP contribution in [0.3, 0.4) is 0 Å². The van der Waals surface area contributed by atoms with Crippen LogP contribution < -0.4 is 0 Å². The van der Waals surface area contributed by atoms with Gasteiger partial charge in [0.2, 0.25) is 0 Å². The fourth-order valence-electron chi connectivity index (χ4n) is 0.628. The molecule has 1 heterocycles. The average molecular weight is 211 g/mol. The highest BCUT2D eigenvalue weighted by Crippen LogP contribution is 2.39. The highest BCUT2D eigenvalue weighted by atomic mass is 19.4. The van der Waals surface area contributed by atoms with Crippen molar-refractivity contribution in [3.05, 3.63) is 11.1 Å². The van der Waals surface area contributed by atoms with Crippen molar-refractivity contribution >= 4 is 11.6 Å². The zero-order valence-corrected chi connectivity index (χ0v) is 6.18. The van der Waals surface area contributed by atoms with E-state index in [-0.39, 0.29) is 0 Å². The van der Waals surface area contributed by atoms with E-state index in [1.165, 1.54) is 0 Å². The van der Waals surface area contributed by atoms with Crippen LogP contribution in [0.4, 0.5) is 22.0 Å². The summed E-state index contributed by atoms with van der Waals surface area (Å²) in [4.78, 5) is 0. The maximum absolute atomic E-state index is 12.5. The van der Waals surface area contributed by atoms with Gasteiger partial charge in [0.25, 0.3) is 0 Å². The summed E-state index contributed by atoms with van der Waals surface area (Å²) in [5.41, 5.74) is -2.90. The highest BCUT2D eigenvalue weighted by Gasteiger charge is 2.63. The van der Waals surface area contributed by atoms with Crippen molar-refractivity contribution in [2.75, 3.05) is 0 Å². The van der Waals surface area contributed by atoms with Crippen molar-refractivity contribution < 1.29 is 22.0 Å². The molecule has 0 N–H and O–H groups in total. The second-order valence-electron chi connectivity index (χ2n) is 2.17. The number of halogens is 5. The first-order valence-electron chi connectivity index (χ1n) is 3.02. The standard InChI is InChI=1S/C5F5N4/c6-4(7,5(8,9)10)3-2(1-11)12-14-13-3/q-1. The smallest absolute Gasteiger partial charge is 0.459 e. The minimum absolute atomic E-state index is 1.04. The third-order valence-electron chi connectivity index (χ3n) is 1.27. The SMILES string of the molecule is [N-]=C=C1N=NN=C1C(F)(F)C(F)(F)F. The Kier molecular flexibility index (Phi) is 2.20. The molecule has 1 aliphatic heterocycles. The van der Waals surface area contributed by atoms with Crippen molar-refractivity contribution in [2.45, 2.75) is 12.1 Å². The second kappa shape index (κ2) is 2.95. The molecule has 0 spiro atoms. The Morgan fingerprint density at radius 2 is 1.71 bits per heavy atom. The van der Waals surface area contributed by atoms with Crippen LogP contribution >= 0.6 is 0 Å². The summed E-state index contributed by atoms with van der Waals surface area (Å²) in [6.07, 6.45) is -5.82. The molecule has 0 fully saturated rings. The molecule has 0 saturated heterocycles. The van der Waals surface area contributed by atoms with Gasteiger partial charge in [0.05, 0.1) is 0 Å². The van der Waals surface area contributed by atoms with E-state index in [0.29, 0.717) is 0 Å². The van der Waals surface area contributed by atoms with Gasteiger partial charge in [0, 0.05) is 0 Å². The number of rotatable bonds is 1. The second-order valence-corrected chi connectivity index (χ2v) is 2.17. The fourth-order valence-corrected chi connectivity index (χ4v) is 0.628. The number of hydrogen-bond donors (Lipinski definition) is 0. The van der Waals surface area contributed by atoms with Gasteiger partial charge in [0.15, 0.2) is 5.71 Å². The molecule has 0 amide bonds. The topological polar surface area (TPSA) is 59.4 Å². The van der Waals surface area contributed by atoms with Crippen LogP contribution in [0.25, 0.3) is 5.41 Å². The van der Waals surface area contributed by atoms with Crippen LogP contribution in [0, 0.1) is 0 Å². The molecule has 0 aromatic carbocycles. The lowest BCUT2D eigenvalue weighted by atomic mass is 10.1. The molecule has 14 heavy (non-hydrogen) atoms. The van der Waals surface area contributed by atoms with E-state index in [2.05, 4.69) is 15.4 Å². The molecule has 0 radical (unpaired) electrons. The Bertz CT molecular complexity index is 359. The van der Waals surface area contributed by atoms with Crippen molar-refractivity contribution in [2.24, 2.45) is 15.4 Å². The van der Waals surface area contributed by atoms with Crippen molar-refractivity contribution in [1.29, 1.82) is 0 Å². The van der Waals surface area contributed by atoms with Gasteiger partial charge < -0.3 is 5.41 Å². The van der Waals surface area contributed by atoms with Gasteiger partial charge in [-0.2, -0.15) is 22.0 Å². The van der Waals surface area contributed by atoms with Gasteiger partial charge >= 0.3 is 12.1 Å². The summed E-state index contributed by atoms with van der Waals surface area (Å²) in [7, 11) is 0. The van der Waals surface area contributed by atoms with Crippen molar-refractivity contribution in [1.82, 2.24) is 0 Å². The van der Waals surface area contributed by atoms with E-state index in [1.54, 1.807) is 0 Å². The van der Waals surface area contributed by atoms with E-state index < -0.39 is 23.5 Å². The quantitative estimate of drug-likeness (QED) is 0.471. The van der Waals surface area contributed by atoms with Gasteiger partial charge in [-0.3, -0.25) is 0 Å². The van der Waals surface area contributed by atoms with Gasteiger partial charge in [-0.25, -0.2) is 5.87 Å². The van der Waals surface area contributed by atoms with Crippen molar-refractivity contribution in [3.63, 3.8) is 0 Å². The molecule has 0 aromatic heterocycles. The largest absolute Gasteiger partial charge is 0.761 e. The highest BCUT2D eigenvalue weighted by molar-refractivity contribution is 6.12. The Balaban J connectivity index is 3.14. The van der Waals surface area contributed by atoms with Gasteiger partial charge in [-0.1, -0.05) is 0 Å². The van der Waals surface area contributed by atoms with E-state index in [1.807, 2.05) is 0 Å². The summed E-state index contributed by atoms with van der Waals surface area (Å²) in [5.74, 6) is -4.17. The monoisotopic (exact) mass is 211 g/mol. The Hall–Kier alpha value is -1.63. The zero-order valence-electron chi connectivity index (χ0n) is 6.18. The number of hydrogen-bond acceptors (Lipinski definition) is 3. The van der Waals surface area contributed by atoms with Crippen LogP contribution in [-0.4, -0.2) is 23.7 Å². The lowest BCUT2D eigenvalue weighted by molar-refractivity contribution is -0.248. The fraction of sp³-hybridized carbons (Fsp3) is 0.400. The maximum atomic E-state index is 12.5. The average Bonchev–Trinajstić information content (AvgIpc) is 2.49. The molecule has 0 unspecified atom stereocenters. The van der Waals surface area contributed by atoms with Crippen LogP contribution in [0.2, 0.25) is 0 Å². The summed E-state index contributed by atoms with van der Waals surface area (Å²) in [6, 6.07) is 0. The van der Waals surface area contributed by atoms with E-state index in [9.17, 15) is 22.0 Å². The molecule has 1 rings (SSSR count). The van der Waals surface area contributed by atoms with E-state index >= 15 is 0 Å². The van der Waals surface area contributed by atoms with Gasteiger partial charge in [0.1, 0.15) is 5.70 Å². The third-order valence-corrected chi connectivity index (χ3v) is 1.27. The minimum Gasteiger partial charge on any atom is -0.761 e. The van der Waals surface area contributed by atoms with E-state index in [0.717, 1.165) is 5.87 Å². The molecule has 0 aliphatic carbocycles. The molecular weight excluding hydrogens is 211 g/mol. The molecular formula is C5F5N4-. The minimum atomic E-state index is -5.82. The summed E-state index contributed by atoms with van der Waals surface area (Å²) in [5, 5.41) is 15.9. The van der Waals surface area contributed by atoms with Gasteiger partial charge in [-0.05, 0) is 5.22 Å². The molecule has 1 aliphatic rings. The van der Waals surface area contributed by atoms with Crippen molar-refractivity contribution in [3.8, 4) is 0 Å². The molecule has 0 bridgehead atoms. The summed E-state index contributed by atoms with van der Waals surface area (Å²) >= 11 is 0. The molecule has 0 aromatic rings. The molecule has 76 valence electrons. The zero-order chi connectivity index (χ0) is 11.0. The summed E-state index contributed by atoms with van der Waals surface area (Å²) < 4.78 is 60.3. The lowest BCUT2D eigenvalue weighted by Crippen LogP contribution is -2.44. The Labute approximate surface area is 73.3 Å². The first kappa shape index (κ1) is 10.5. The number of allylic oxidation sites excluding steroid dienone is 1. The maximum Gasteiger partial charge on any atom is 0.459 e. The normalized spacial score (nSPS) is 16.9. The van der Waals surface area contributed by atoms with Gasteiger partial charge in [-0.15, -0.1) is 10.2 Å². The number of alkyl halides is 5. The van der Waals surface area contributed by atoms with Crippen LogP contribution in [0.5, 0.6) is 0 Å². The number of nitrogens with zero attached hydrogens (tertiary/aromatic N) is 4. The third kappa shape index (κ3) is 1.41. The first-order valence-corrected chi connectivity index (χ1v) is 3.02. The summed E-state index contributed by atoms with van der Waals surface area (Å²) in [6.45, 7) is 0. The lowest BCUT2D eigenvalue weighted by Gasteiger charge is -2.18. The van der Waals surface area contributed by atoms with Crippen LogP contribution in [0.15, 0.2) is 21.1 Å². The Morgan fingerprint density at radius 1 is 1.14 bits per heavy atom. The Morgan fingerprint density at radius 3 is 2.14 bits per heavy atom. The van der Waals surface area contributed by atoms with Crippen LogP contribution in [-0.2, 0) is 0 Å². The van der Waals surface area contributed by atoms with E-state index in [4.69, 9.17) is 5.41 Å². The molecule has 9 heteroatoms. The first-order chi connectivity index (χ1) is 6.30. The predicted molar refractivity (Wildman–Crippen MR) is 35.2 cm³/mol. The molecule has 0 atom stereocenters. The molecule has 4 nitrogen and oxygen atoms in total. The van der Waals surface area contributed by atoms with Crippen LogP contribution in [0.1, 0.15) is 0 Å². The predicted octanol–water partition coefficient (Wildman–Crippen LogP) is 2.13.